The molecule has 0 bridgehead atoms. The number of carbonyl (C=O) groups excluding carboxylic acids is 1. The van der Waals surface area contributed by atoms with Gasteiger partial charge in [-0.2, -0.15) is 0 Å². The van der Waals surface area contributed by atoms with Crippen LogP contribution in [0.5, 0.6) is 0 Å². The average Bonchev–Trinajstić information content (AvgIpc) is 2.64. The summed E-state index contributed by atoms with van der Waals surface area (Å²) >= 11 is 0. The van der Waals surface area contributed by atoms with E-state index in [0.29, 0.717) is 17.6 Å². The third-order valence-electron chi connectivity index (χ3n) is 4.90. The summed E-state index contributed by atoms with van der Waals surface area (Å²) in [6, 6.07) is 8.31. The van der Waals surface area contributed by atoms with E-state index in [2.05, 4.69) is 54.3 Å². The van der Waals surface area contributed by atoms with Crippen molar-refractivity contribution in [3.63, 3.8) is 0 Å². The van der Waals surface area contributed by atoms with E-state index in [1.807, 2.05) is 4.90 Å². The highest BCUT2D eigenvalue weighted by Crippen LogP contribution is 2.23. The molecule has 132 valence electrons. The first-order valence-electron chi connectivity index (χ1n) is 9.05. The number of carbonyl (C=O) groups is 1. The number of nitrogens with one attached hydrogen (secondary N) is 1. The Kier molecular flexibility index (Phi) is 5.31. The molecule has 1 amide bonds. The number of nitrogens with zero attached hydrogens (tertiary/aromatic N) is 3. The summed E-state index contributed by atoms with van der Waals surface area (Å²) in [6.07, 6.45) is 5.81. The van der Waals surface area contributed by atoms with E-state index in [1.54, 1.807) is 6.07 Å². The second kappa shape index (κ2) is 7.64. The highest BCUT2D eigenvalue weighted by Gasteiger charge is 2.27. The van der Waals surface area contributed by atoms with Crippen molar-refractivity contribution in [3.05, 3.63) is 47.4 Å². The predicted octanol–water partition coefficient (Wildman–Crippen LogP) is 4.24. The second-order valence-electron chi connectivity index (χ2n) is 6.79. The number of likely N-dealkylation sites (tertiary alicyclic amines) is 1. The van der Waals surface area contributed by atoms with Gasteiger partial charge in [-0.15, -0.1) is 0 Å². The molecule has 1 fully saturated rings. The molecule has 1 aromatic heterocycles. The van der Waals surface area contributed by atoms with E-state index in [0.717, 1.165) is 37.1 Å². The van der Waals surface area contributed by atoms with Gasteiger partial charge in [-0.3, -0.25) is 4.79 Å². The molecular formula is C20H26N4O. The molecule has 0 spiro atoms. The van der Waals surface area contributed by atoms with Crippen LogP contribution < -0.4 is 5.32 Å². The van der Waals surface area contributed by atoms with Crippen LogP contribution in [0.2, 0.25) is 0 Å². The molecule has 1 N–H and O–H groups in total. The molecule has 1 unspecified atom stereocenters. The molecule has 3 rings (SSSR count). The number of anilines is 2. The van der Waals surface area contributed by atoms with Crippen LogP contribution in [0.1, 0.15) is 54.2 Å². The maximum atomic E-state index is 12.9. The Bertz CT molecular complexity index is 759. The lowest BCUT2D eigenvalue weighted by Gasteiger charge is -2.35. The maximum Gasteiger partial charge on any atom is 0.272 e. The van der Waals surface area contributed by atoms with Crippen LogP contribution in [-0.4, -0.2) is 33.4 Å². The van der Waals surface area contributed by atoms with Gasteiger partial charge in [0.2, 0.25) is 0 Å². The first kappa shape index (κ1) is 17.4. The highest BCUT2D eigenvalue weighted by atomic mass is 16.2. The summed E-state index contributed by atoms with van der Waals surface area (Å²) in [5.74, 6) is 0.662. The smallest absolute Gasteiger partial charge is 0.272 e. The van der Waals surface area contributed by atoms with Gasteiger partial charge in [0, 0.05) is 24.3 Å². The Balaban J connectivity index is 1.81. The number of aryl methyl sites for hydroxylation is 2. The molecule has 0 aliphatic carbocycles. The summed E-state index contributed by atoms with van der Waals surface area (Å²) in [4.78, 5) is 23.4. The summed E-state index contributed by atoms with van der Waals surface area (Å²) in [6.45, 7) is 7.07. The van der Waals surface area contributed by atoms with Gasteiger partial charge >= 0.3 is 0 Å². The molecule has 25 heavy (non-hydrogen) atoms. The SMILES string of the molecule is CCC1CCCCN1C(=O)c1cc(Nc2cc(C)ccc2C)ncn1. The predicted molar refractivity (Wildman–Crippen MR) is 100 cm³/mol. The van der Waals surface area contributed by atoms with E-state index < -0.39 is 0 Å². The summed E-state index contributed by atoms with van der Waals surface area (Å²) in [7, 11) is 0. The molecule has 1 saturated heterocycles. The topological polar surface area (TPSA) is 58.1 Å². The normalized spacial score (nSPS) is 17.4. The van der Waals surface area contributed by atoms with Crippen LogP contribution in [0.3, 0.4) is 0 Å². The number of benzene rings is 1. The van der Waals surface area contributed by atoms with Crippen molar-refractivity contribution in [1.82, 2.24) is 14.9 Å². The Morgan fingerprint density at radius 1 is 1.24 bits per heavy atom. The first-order chi connectivity index (χ1) is 12.1. The van der Waals surface area contributed by atoms with E-state index in [1.165, 1.54) is 18.3 Å². The van der Waals surface area contributed by atoms with Crippen molar-refractivity contribution < 1.29 is 4.79 Å². The number of aromatic nitrogens is 2. The van der Waals surface area contributed by atoms with Crippen LogP contribution in [0.25, 0.3) is 0 Å². The molecule has 0 saturated carbocycles. The molecular weight excluding hydrogens is 312 g/mol. The standard InChI is InChI=1S/C20H26N4O/c1-4-16-7-5-6-10-24(16)20(25)18-12-19(22-13-21-18)23-17-11-14(2)8-9-15(17)3/h8-9,11-13,16H,4-7,10H2,1-3H3,(H,21,22,23). The zero-order valence-corrected chi connectivity index (χ0v) is 15.2. The van der Waals surface area contributed by atoms with Crippen molar-refractivity contribution in [2.24, 2.45) is 0 Å². The summed E-state index contributed by atoms with van der Waals surface area (Å²) in [5, 5.41) is 3.31. The van der Waals surface area contributed by atoms with Crippen LogP contribution in [-0.2, 0) is 0 Å². The van der Waals surface area contributed by atoms with Gasteiger partial charge in [0.25, 0.3) is 5.91 Å². The van der Waals surface area contributed by atoms with E-state index in [9.17, 15) is 4.79 Å². The zero-order valence-electron chi connectivity index (χ0n) is 15.2. The number of piperidine rings is 1. The van der Waals surface area contributed by atoms with Crippen molar-refractivity contribution >= 4 is 17.4 Å². The Hall–Kier alpha value is -2.43. The fourth-order valence-corrected chi connectivity index (χ4v) is 3.39. The third kappa shape index (κ3) is 3.98. The number of hydrogen-bond donors (Lipinski definition) is 1. The highest BCUT2D eigenvalue weighted by molar-refractivity contribution is 5.93. The number of rotatable bonds is 4. The molecule has 1 aliphatic heterocycles. The Labute approximate surface area is 149 Å². The summed E-state index contributed by atoms with van der Waals surface area (Å²) < 4.78 is 0. The second-order valence-corrected chi connectivity index (χ2v) is 6.79. The van der Waals surface area contributed by atoms with Crippen LogP contribution in [0.15, 0.2) is 30.6 Å². The van der Waals surface area contributed by atoms with Crippen LogP contribution >= 0.6 is 0 Å². The van der Waals surface area contributed by atoms with Crippen molar-refractivity contribution in [2.75, 3.05) is 11.9 Å². The molecule has 1 atom stereocenters. The third-order valence-corrected chi connectivity index (χ3v) is 4.90. The van der Waals surface area contributed by atoms with E-state index in [-0.39, 0.29) is 5.91 Å². The number of hydrogen-bond acceptors (Lipinski definition) is 4. The number of amides is 1. The van der Waals surface area contributed by atoms with Crippen molar-refractivity contribution in [1.29, 1.82) is 0 Å². The quantitative estimate of drug-likeness (QED) is 0.906. The Morgan fingerprint density at radius 2 is 2.08 bits per heavy atom. The molecule has 2 heterocycles. The van der Waals surface area contributed by atoms with Gasteiger partial charge in [-0.05, 0) is 56.7 Å². The lowest BCUT2D eigenvalue weighted by atomic mass is 9.99. The van der Waals surface area contributed by atoms with Gasteiger partial charge in [-0.1, -0.05) is 19.1 Å². The lowest BCUT2D eigenvalue weighted by Crippen LogP contribution is -2.43. The van der Waals surface area contributed by atoms with Gasteiger partial charge in [-0.25, -0.2) is 9.97 Å². The maximum absolute atomic E-state index is 12.9. The zero-order chi connectivity index (χ0) is 17.8. The lowest BCUT2D eigenvalue weighted by molar-refractivity contribution is 0.0602. The fourth-order valence-electron chi connectivity index (χ4n) is 3.39. The van der Waals surface area contributed by atoms with Crippen LogP contribution in [0, 0.1) is 13.8 Å². The molecule has 2 aromatic rings. The molecule has 5 nitrogen and oxygen atoms in total. The van der Waals surface area contributed by atoms with Gasteiger partial charge < -0.3 is 10.2 Å². The van der Waals surface area contributed by atoms with E-state index in [4.69, 9.17) is 0 Å². The van der Waals surface area contributed by atoms with Gasteiger partial charge in [0.15, 0.2) is 0 Å². The molecule has 5 heteroatoms. The fraction of sp³-hybridized carbons (Fsp3) is 0.450. The van der Waals surface area contributed by atoms with Gasteiger partial charge in [0.1, 0.15) is 17.8 Å². The summed E-state index contributed by atoms with van der Waals surface area (Å²) in [5.41, 5.74) is 3.78. The minimum absolute atomic E-state index is 0.0120. The van der Waals surface area contributed by atoms with Crippen LogP contribution in [0.4, 0.5) is 11.5 Å². The molecule has 1 aromatic carbocycles. The minimum Gasteiger partial charge on any atom is -0.340 e. The molecule has 1 aliphatic rings. The van der Waals surface area contributed by atoms with Gasteiger partial charge in [0.05, 0.1) is 0 Å². The minimum atomic E-state index is 0.0120. The van der Waals surface area contributed by atoms with Crippen molar-refractivity contribution in [2.45, 2.75) is 52.5 Å². The van der Waals surface area contributed by atoms with E-state index >= 15 is 0 Å². The van der Waals surface area contributed by atoms with Crippen molar-refractivity contribution in [3.8, 4) is 0 Å². The first-order valence-corrected chi connectivity index (χ1v) is 9.05. The largest absolute Gasteiger partial charge is 0.340 e. The average molecular weight is 338 g/mol. The Morgan fingerprint density at radius 3 is 2.88 bits per heavy atom. The molecule has 0 radical (unpaired) electrons. The monoisotopic (exact) mass is 338 g/mol.